The smallest absolute Gasteiger partial charge is 0.332 e. The Kier molecular flexibility index (Phi) is 9.30. The van der Waals surface area contributed by atoms with Gasteiger partial charge in [-0.05, 0) is 30.5 Å². The number of nitrogens with one attached hydrogen (secondary N) is 2. The van der Waals surface area contributed by atoms with E-state index in [9.17, 15) is 19.2 Å². The minimum absolute atomic E-state index is 0.133. The van der Waals surface area contributed by atoms with Crippen molar-refractivity contribution in [3.63, 3.8) is 0 Å². The molecule has 0 fully saturated rings. The fourth-order valence-electron chi connectivity index (χ4n) is 2.56. The maximum atomic E-state index is 12.4. The van der Waals surface area contributed by atoms with E-state index in [-0.39, 0.29) is 25.2 Å². The van der Waals surface area contributed by atoms with E-state index in [0.29, 0.717) is 12.8 Å². The van der Waals surface area contributed by atoms with Crippen molar-refractivity contribution >= 4 is 17.8 Å². The average Bonchev–Trinajstić information content (AvgIpc) is 2.76. The molecule has 0 bridgehead atoms. The predicted octanol–water partition coefficient (Wildman–Crippen LogP) is 1.99. The molecule has 1 atom stereocenters. The van der Waals surface area contributed by atoms with Crippen molar-refractivity contribution in [2.75, 3.05) is 13.2 Å². The molecule has 0 unspecified atom stereocenters. The van der Waals surface area contributed by atoms with Crippen molar-refractivity contribution in [3.05, 3.63) is 70.1 Å². The van der Waals surface area contributed by atoms with Gasteiger partial charge in [0.25, 0.3) is 11.5 Å². The molecule has 1 aromatic carbocycles. The molecule has 0 aliphatic rings. The number of esters is 2. The average molecular weight is 414 g/mol. The lowest BCUT2D eigenvalue weighted by atomic mass is 10.1. The number of carbonyl (C=O) groups is 3. The molecule has 0 aliphatic carbocycles. The first-order chi connectivity index (χ1) is 14.5. The third-order valence-corrected chi connectivity index (χ3v) is 4.27. The number of amides is 1. The molecule has 0 radical (unpaired) electrons. The second-order valence-corrected chi connectivity index (χ2v) is 6.63. The molecule has 0 aliphatic heterocycles. The third kappa shape index (κ3) is 7.54. The van der Waals surface area contributed by atoms with Crippen LogP contribution in [-0.2, 0) is 25.5 Å². The molecule has 8 nitrogen and oxygen atoms in total. The number of aryl methyl sites for hydroxylation is 1. The summed E-state index contributed by atoms with van der Waals surface area (Å²) in [7, 11) is 0. The molecule has 1 amide bonds. The molecule has 8 heteroatoms. The van der Waals surface area contributed by atoms with E-state index in [1.165, 1.54) is 18.3 Å². The Bertz CT molecular complexity index is 894. The number of ether oxygens (including phenoxy) is 2. The van der Waals surface area contributed by atoms with Crippen molar-refractivity contribution in [3.8, 4) is 0 Å². The van der Waals surface area contributed by atoms with Crippen LogP contribution in [0, 0.1) is 0 Å². The van der Waals surface area contributed by atoms with Gasteiger partial charge in [0.2, 0.25) is 0 Å². The van der Waals surface area contributed by atoms with Gasteiger partial charge in [-0.1, -0.05) is 43.7 Å². The number of aromatic nitrogens is 1. The number of hydrogen-bond acceptors (Lipinski definition) is 6. The molecule has 30 heavy (non-hydrogen) atoms. The van der Waals surface area contributed by atoms with Crippen molar-refractivity contribution in [1.29, 1.82) is 0 Å². The van der Waals surface area contributed by atoms with Gasteiger partial charge in [-0.15, -0.1) is 0 Å². The number of benzene rings is 1. The van der Waals surface area contributed by atoms with Crippen molar-refractivity contribution in [2.45, 2.75) is 38.6 Å². The molecular formula is C22H26N2O6. The van der Waals surface area contributed by atoms with Gasteiger partial charge in [-0.3, -0.25) is 14.4 Å². The highest BCUT2D eigenvalue weighted by molar-refractivity contribution is 5.96. The topological polar surface area (TPSA) is 115 Å². The summed E-state index contributed by atoms with van der Waals surface area (Å²) >= 11 is 0. The molecule has 2 aromatic rings. The van der Waals surface area contributed by atoms with Gasteiger partial charge >= 0.3 is 11.9 Å². The SMILES string of the molecule is CCCCOC(=O)[C@H](COC(=O)CCc1ccccc1)NC(=O)c1ccc[nH]c1=O. The first kappa shape index (κ1) is 22.9. The van der Waals surface area contributed by atoms with Gasteiger partial charge in [0.05, 0.1) is 6.61 Å². The summed E-state index contributed by atoms with van der Waals surface area (Å²) < 4.78 is 10.3. The van der Waals surface area contributed by atoms with E-state index in [1.54, 1.807) is 0 Å². The van der Waals surface area contributed by atoms with Crippen LogP contribution in [0.4, 0.5) is 0 Å². The Morgan fingerprint density at radius 2 is 1.83 bits per heavy atom. The fourth-order valence-corrected chi connectivity index (χ4v) is 2.56. The first-order valence-corrected chi connectivity index (χ1v) is 9.86. The number of aromatic amines is 1. The van der Waals surface area contributed by atoms with Crippen LogP contribution in [0.1, 0.15) is 42.1 Å². The zero-order valence-electron chi connectivity index (χ0n) is 16.9. The monoisotopic (exact) mass is 414 g/mol. The summed E-state index contributed by atoms with van der Waals surface area (Å²) in [6.45, 7) is 1.76. The van der Waals surface area contributed by atoms with Crippen molar-refractivity contribution < 1.29 is 23.9 Å². The number of hydrogen-bond donors (Lipinski definition) is 2. The number of unbranched alkanes of at least 4 members (excludes halogenated alkanes) is 1. The normalized spacial score (nSPS) is 11.4. The van der Waals surface area contributed by atoms with Crippen LogP contribution in [0.2, 0.25) is 0 Å². The highest BCUT2D eigenvalue weighted by Crippen LogP contribution is 2.04. The van der Waals surface area contributed by atoms with Crippen LogP contribution in [-0.4, -0.2) is 42.1 Å². The number of rotatable bonds is 11. The van der Waals surface area contributed by atoms with E-state index in [1.807, 2.05) is 37.3 Å². The summed E-state index contributed by atoms with van der Waals surface area (Å²) in [5.74, 6) is -1.98. The van der Waals surface area contributed by atoms with Crippen LogP contribution in [0.3, 0.4) is 0 Å². The molecule has 2 rings (SSSR count). The lowest BCUT2D eigenvalue weighted by Gasteiger charge is -2.17. The molecular weight excluding hydrogens is 388 g/mol. The third-order valence-electron chi connectivity index (χ3n) is 4.27. The van der Waals surface area contributed by atoms with E-state index in [2.05, 4.69) is 10.3 Å². The lowest BCUT2D eigenvalue weighted by molar-refractivity contribution is -0.152. The Balaban J connectivity index is 1.95. The van der Waals surface area contributed by atoms with Gasteiger partial charge in [0.15, 0.2) is 6.04 Å². The molecule has 1 aromatic heterocycles. The zero-order valence-corrected chi connectivity index (χ0v) is 16.9. The number of pyridine rings is 1. The van der Waals surface area contributed by atoms with Gasteiger partial charge in [-0.25, -0.2) is 4.79 Å². The van der Waals surface area contributed by atoms with Crippen LogP contribution >= 0.6 is 0 Å². The molecule has 2 N–H and O–H groups in total. The Morgan fingerprint density at radius 3 is 2.53 bits per heavy atom. The lowest BCUT2D eigenvalue weighted by Crippen LogP contribution is -2.46. The largest absolute Gasteiger partial charge is 0.464 e. The van der Waals surface area contributed by atoms with E-state index < -0.39 is 29.4 Å². The highest BCUT2D eigenvalue weighted by Gasteiger charge is 2.25. The summed E-state index contributed by atoms with van der Waals surface area (Å²) in [6, 6.07) is 11.1. The van der Waals surface area contributed by atoms with Crippen molar-refractivity contribution in [2.24, 2.45) is 0 Å². The van der Waals surface area contributed by atoms with Gasteiger partial charge in [-0.2, -0.15) is 0 Å². The minimum atomic E-state index is -1.21. The second-order valence-electron chi connectivity index (χ2n) is 6.63. The van der Waals surface area contributed by atoms with Gasteiger partial charge in [0, 0.05) is 12.6 Å². The highest BCUT2D eigenvalue weighted by atomic mass is 16.6. The van der Waals surface area contributed by atoms with E-state index >= 15 is 0 Å². The fraction of sp³-hybridized carbons (Fsp3) is 0.364. The minimum Gasteiger partial charge on any atom is -0.464 e. The van der Waals surface area contributed by atoms with Gasteiger partial charge in [0.1, 0.15) is 12.2 Å². The molecule has 1 heterocycles. The van der Waals surface area contributed by atoms with Crippen LogP contribution in [0.5, 0.6) is 0 Å². The van der Waals surface area contributed by atoms with Crippen LogP contribution < -0.4 is 10.9 Å². The summed E-state index contributed by atoms with van der Waals surface area (Å²) in [4.78, 5) is 51.0. The first-order valence-electron chi connectivity index (χ1n) is 9.86. The number of H-pyrrole nitrogens is 1. The standard InChI is InChI=1S/C22H26N2O6/c1-2-3-14-29-22(28)18(24-21(27)17-10-7-13-23-20(17)26)15-30-19(25)12-11-16-8-5-4-6-9-16/h4-10,13,18H,2-3,11-12,14-15H2,1H3,(H,23,26)(H,24,27)/t18-/m0/s1. The summed E-state index contributed by atoms with van der Waals surface area (Å²) in [5, 5.41) is 2.42. The molecule has 160 valence electrons. The maximum absolute atomic E-state index is 12.4. The van der Waals surface area contributed by atoms with E-state index in [4.69, 9.17) is 9.47 Å². The molecule has 0 saturated carbocycles. The van der Waals surface area contributed by atoms with Crippen LogP contribution in [0.25, 0.3) is 0 Å². The second kappa shape index (κ2) is 12.2. The van der Waals surface area contributed by atoms with Crippen LogP contribution in [0.15, 0.2) is 53.5 Å². The van der Waals surface area contributed by atoms with Crippen molar-refractivity contribution in [1.82, 2.24) is 10.3 Å². The Morgan fingerprint density at radius 1 is 1.07 bits per heavy atom. The zero-order chi connectivity index (χ0) is 21.8. The molecule has 0 saturated heterocycles. The summed E-state index contributed by atoms with van der Waals surface area (Å²) in [5.41, 5.74) is 0.244. The predicted molar refractivity (Wildman–Crippen MR) is 110 cm³/mol. The van der Waals surface area contributed by atoms with Gasteiger partial charge < -0.3 is 19.8 Å². The summed E-state index contributed by atoms with van der Waals surface area (Å²) in [6.07, 6.45) is 3.52. The quantitative estimate of drug-likeness (QED) is 0.429. The number of carbonyl (C=O) groups excluding carboxylic acids is 3. The maximum Gasteiger partial charge on any atom is 0.332 e. The Hall–Kier alpha value is -3.42. The molecule has 0 spiro atoms. The Labute approximate surface area is 174 Å². The van der Waals surface area contributed by atoms with E-state index in [0.717, 1.165) is 12.0 Å².